The van der Waals surface area contributed by atoms with Crippen molar-refractivity contribution in [3.8, 4) is 16.9 Å². The van der Waals surface area contributed by atoms with E-state index in [0.717, 1.165) is 60.5 Å². The van der Waals surface area contributed by atoms with Crippen LogP contribution in [0.3, 0.4) is 0 Å². The van der Waals surface area contributed by atoms with Crippen LogP contribution in [0.1, 0.15) is 51.1 Å². The molecule has 0 saturated heterocycles. The molecule has 0 aliphatic carbocycles. The molecule has 0 saturated carbocycles. The first kappa shape index (κ1) is 34.9. The monoisotopic (exact) mass is 753 g/mol. The van der Waals surface area contributed by atoms with Crippen LogP contribution in [0, 0.1) is 19.7 Å². The Kier molecular flexibility index (Phi) is 9.25. The van der Waals surface area contributed by atoms with Gasteiger partial charge in [-0.3, -0.25) is 14.3 Å². The number of ether oxygens (including phenoxy) is 1. The number of aryl methyl sites for hydroxylation is 4. The molecule has 0 unspecified atom stereocenters. The van der Waals surface area contributed by atoms with Gasteiger partial charge in [-0.1, -0.05) is 11.6 Å². The summed E-state index contributed by atoms with van der Waals surface area (Å²) in [6, 6.07) is 14.5. The molecule has 8 bridgehead atoms. The lowest BCUT2D eigenvalue weighted by atomic mass is 9.96. The SMILES string of the molecule is Cc1c(C(=O)O)n2c3ccc(Cl)c(c13)-c1c(nn(C)c1C)CN(Cc1ncco1)Cc1cc(n(C)n1)CSc1cc(c3ccc(F)cc3c1)OCCC2. The van der Waals surface area contributed by atoms with Crippen molar-refractivity contribution in [3.05, 3.63) is 112 Å². The van der Waals surface area contributed by atoms with Crippen molar-refractivity contribution >= 4 is 51.0 Å². The topological polar surface area (TPSA) is 116 Å². The number of hydrogen-bond acceptors (Lipinski definition) is 8. The average Bonchev–Trinajstić information content (AvgIpc) is 3.88. The summed E-state index contributed by atoms with van der Waals surface area (Å²) in [5.74, 6) is 0.481. The normalized spacial score (nSPS) is 14.4. The lowest BCUT2D eigenvalue weighted by molar-refractivity contribution is 0.0684. The van der Waals surface area contributed by atoms with Gasteiger partial charge in [0.2, 0.25) is 5.89 Å². The van der Waals surface area contributed by atoms with Crippen LogP contribution in [-0.4, -0.2) is 51.7 Å². The molecule has 5 heterocycles. The first-order chi connectivity index (χ1) is 25.5. The van der Waals surface area contributed by atoms with Crippen molar-refractivity contribution in [1.29, 1.82) is 0 Å². The number of halogens is 2. The maximum absolute atomic E-state index is 14.4. The Hall–Kier alpha value is -5.11. The van der Waals surface area contributed by atoms with Gasteiger partial charge in [0.1, 0.15) is 23.5 Å². The van der Waals surface area contributed by atoms with Gasteiger partial charge in [0, 0.05) is 88.2 Å². The number of carboxylic acids is 1. The van der Waals surface area contributed by atoms with Crippen LogP contribution < -0.4 is 4.74 Å². The number of thioether (sulfide) groups is 1. The smallest absolute Gasteiger partial charge is 0.352 e. The van der Waals surface area contributed by atoms with E-state index < -0.39 is 5.97 Å². The van der Waals surface area contributed by atoms with E-state index in [0.29, 0.717) is 67.2 Å². The molecule has 53 heavy (non-hydrogen) atoms. The van der Waals surface area contributed by atoms with Crippen molar-refractivity contribution in [2.75, 3.05) is 6.61 Å². The third-order valence-electron chi connectivity index (χ3n) is 9.93. The van der Waals surface area contributed by atoms with Gasteiger partial charge in [-0.25, -0.2) is 14.2 Å². The Balaban J connectivity index is 1.29. The Morgan fingerprint density at radius 1 is 1.04 bits per heavy atom. The molecule has 0 spiro atoms. The molecule has 0 radical (unpaired) electrons. The molecule has 1 N–H and O–H groups in total. The molecule has 272 valence electrons. The van der Waals surface area contributed by atoms with Crippen molar-refractivity contribution < 1.29 is 23.4 Å². The average molecular weight is 754 g/mol. The first-order valence-electron chi connectivity index (χ1n) is 17.2. The number of oxazole rings is 1. The summed E-state index contributed by atoms with van der Waals surface area (Å²) in [6.07, 6.45) is 3.71. The van der Waals surface area contributed by atoms with Crippen molar-refractivity contribution in [1.82, 2.24) is 34.0 Å². The highest BCUT2D eigenvalue weighted by Crippen LogP contribution is 2.43. The molecule has 0 atom stereocenters. The Morgan fingerprint density at radius 2 is 1.89 bits per heavy atom. The van der Waals surface area contributed by atoms with E-state index >= 15 is 0 Å². The number of carboxylic acid groups (broad SMARTS) is 1. The fraction of sp³-hybridized carbons (Fsp3) is 0.282. The minimum Gasteiger partial charge on any atom is -0.493 e. The van der Waals surface area contributed by atoms with Crippen molar-refractivity contribution in [2.24, 2.45) is 14.1 Å². The van der Waals surface area contributed by atoms with Gasteiger partial charge in [-0.05, 0) is 79.7 Å². The number of benzene rings is 3. The summed E-state index contributed by atoms with van der Waals surface area (Å²) >= 11 is 8.71. The molecule has 11 nitrogen and oxygen atoms in total. The number of aromatic nitrogens is 6. The zero-order valence-corrected chi connectivity index (χ0v) is 31.3. The second-order valence-corrected chi connectivity index (χ2v) is 14.8. The van der Waals surface area contributed by atoms with Gasteiger partial charge in [0.05, 0.1) is 30.7 Å². The van der Waals surface area contributed by atoms with Gasteiger partial charge in [0.15, 0.2) is 0 Å². The van der Waals surface area contributed by atoms with Crippen molar-refractivity contribution in [3.63, 3.8) is 0 Å². The Morgan fingerprint density at radius 3 is 2.68 bits per heavy atom. The van der Waals surface area contributed by atoms with E-state index in [4.69, 9.17) is 31.0 Å². The van der Waals surface area contributed by atoms with E-state index in [9.17, 15) is 14.3 Å². The molecule has 0 fully saturated rings. The van der Waals surface area contributed by atoms with Crippen molar-refractivity contribution in [2.45, 2.75) is 57.1 Å². The van der Waals surface area contributed by atoms with Gasteiger partial charge in [0.25, 0.3) is 0 Å². The Labute approximate surface area is 313 Å². The lowest BCUT2D eigenvalue weighted by Gasteiger charge is -2.20. The molecule has 4 aromatic heterocycles. The van der Waals surface area contributed by atoms with Crippen LogP contribution in [0.2, 0.25) is 5.02 Å². The zero-order chi connectivity index (χ0) is 37.0. The Bertz CT molecular complexity index is 2520. The van der Waals surface area contributed by atoms with Crippen LogP contribution in [-0.2, 0) is 46.0 Å². The van der Waals surface area contributed by atoms with E-state index in [2.05, 4.69) is 16.0 Å². The van der Waals surface area contributed by atoms with Crippen LogP contribution in [0.4, 0.5) is 4.39 Å². The molecule has 8 rings (SSSR count). The summed E-state index contributed by atoms with van der Waals surface area (Å²) in [4.78, 5) is 20.4. The molecule has 3 aromatic carbocycles. The fourth-order valence-electron chi connectivity index (χ4n) is 7.44. The summed E-state index contributed by atoms with van der Waals surface area (Å²) in [5, 5.41) is 23.2. The van der Waals surface area contributed by atoms with Gasteiger partial charge < -0.3 is 18.8 Å². The highest BCUT2D eigenvalue weighted by atomic mass is 35.5. The summed E-state index contributed by atoms with van der Waals surface area (Å²) < 4.78 is 32.1. The summed E-state index contributed by atoms with van der Waals surface area (Å²) in [6.45, 7) is 5.82. The number of hydrogen-bond donors (Lipinski definition) is 1. The van der Waals surface area contributed by atoms with E-state index in [1.165, 1.54) is 12.1 Å². The third-order valence-corrected chi connectivity index (χ3v) is 11.3. The largest absolute Gasteiger partial charge is 0.493 e. The second-order valence-electron chi connectivity index (χ2n) is 13.4. The molecular weight excluding hydrogens is 717 g/mol. The van der Waals surface area contributed by atoms with Gasteiger partial charge >= 0.3 is 5.97 Å². The maximum atomic E-state index is 14.4. The highest BCUT2D eigenvalue weighted by molar-refractivity contribution is 7.98. The maximum Gasteiger partial charge on any atom is 0.352 e. The molecular formula is C39H37ClFN7O4S. The minimum atomic E-state index is -1.02. The van der Waals surface area contributed by atoms with Gasteiger partial charge in [-0.2, -0.15) is 10.2 Å². The fourth-order valence-corrected chi connectivity index (χ4v) is 8.67. The number of carbonyl (C=O) groups is 1. The number of rotatable bonds is 3. The van der Waals surface area contributed by atoms with E-state index in [-0.39, 0.29) is 11.5 Å². The molecule has 1 aliphatic rings. The third kappa shape index (κ3) is 6.57. The summed E-state index contributed by atoms with van der Waals surface area (Å²) in [7, 11) is 3.83. The molecule has 0 amide bonds. The molecule has 1 aliphatic heterocycles. The number of nitrogens with zero attached hydrogens (tertiary/aromatic N) is 7. The van der Waals surface area contributed by atoms with Crippen LogP contribution in [0.15, 0.2) is 70.3 Å². The lowest BCUT2D eigenvalue weighted by Crippen LogP contribution is -2.23. The highest BCUT2D eigenvalue weighted by Gasteiger charge is 2.28. The minimum absolute atomic E-state index is 0.199. The van der Waals surface area contributed by atoms with Crippen LogP contribution in [0.25, 0.3) is 32.8 Å². The van der Waals surface area contributed by atoms with Crippen LogP contribution in [0.5, 0.6) is 5.75 Å². The number of fused-ring (bicyclic) bond motifs is 8. The predicted octanol–water partition coefficient (Wildman–Crippen LogP) is 8.30. The van der Waals surface area contributed by atoms with E-state index in [1.807, 2.05) is 66.1 Å². The zero-order valence-electron chi connectivity index (χ0n) is 29.7. The molecule has 14 heteroatoms. The quantitative estimate of drug-likeness (QED) is 0.190. The van der Waals surface area contributed by atoms with Crippen LogP contribution >= 0.6 is 23.4 Å². The number of aromatic carboxylic acids is 1. The summed E-state index contributed by atoms with van der Waals surface area (Å²) in [5.41, 5.74) is 6.74. The molecule has 7 aromatic rings. The standard InChI is InChI=1S/C39H37ClFN7O4S/c1-22-35-32-9-8-30(40)37(35)36-23(2)45(3)44-31(36)19-47(20-34-42-10-13-52-34)18-26-16-27(46(4)43-26)21-53-28-15-24-14-25(41)6-7-29(24)33(17-28)51-12-5-11-48(32)38(22)39(49)50/h6-10,13-17H,5,11-12,18-21H2,1-4H3,(H,49,50). The first-order valence-corrected chi connectivity index (χ1v) is 18.6. The van der Waals surface area contributed by atoms with Gasteiger partial charge in [-0.15, -0.1) is 11.8 Å². The van der Waals surface area contributed by atoms with E-state index in [1.54, 1.807) is 30.3 Å². The predicted molar refractivity (Wildman–Crippen MR) is 202 cm³/mol. The second kappa shape index (κ2) is 14.0.